The lowest BCUT2D eigenvalue weighted by Gasteiger charge is -1.96. The highest BCUT2D eigenvalue weighted by atomic mass is 35.5. The maximum atomic E-state index is 11.4. The number of nitrogens with zero attached hydrogens (tertiary/aromatic N) is 3. The number of rotatable bonds is 2. The van der Waals surface area contributed by atoms with Crippen LogP contribution < -0.4 is 0 Å². The molecule has 0 aliphatic carbocycles. The van der Waals surface area contributed by atoms with Crippen molar-refractivity contribution in [1.82, 2.24) is 14.6 Å². The molecular formula is C10H10ClN3O2. The van der Waals surface area contributed by atoms with Crippen molar-refractivity contribution in [3.8, 4) is 0 Å². The van der Waals surface area contributed by atoms with Crippen molar-refractivity contribution < 1.29 is 9.53 Å². The minimum Gasteiger partial charge on any atom is -0.461 e. The number of fused-ring (bicyclic) bond motifs is 1. The van der Waals surface area contributed by atoms with Gasteiger partial charge >= 0.3 is 5.97 Å². The molecule has 2 heterocycles. The molecule has 0 unspecified atom stereocenters. The molecule has 0 amide bonds. The third-order valence-corrected chi connectivity index (χ3v) is 2.29. The summed E-state index contributed by atoms with van der Waals surface area (Å²) in [6.07, 6.45) is 1.70. The van der Waals surface area contributed by atoms with Gasteiger partial charge in [0.25, 0.3) is 0 Å². The minimum atomic E-state index is -0.458. The summed E-state index contributed by atoms with van der Waals surface area (Å²) in [4.78, 5) is 15.5. The molecule has 0 bridgehead atoms. The number of hydrogen-bond acceptors (Lipinski definition) is 4. The van der Waals surface area contributed by atoms with E-state index in [-0.39, 0.29) is 5.69 Å². The first-order chi connectivity index (χ1) is 7.61. The molecule has 0 aromatic carbocycles. The summed E-state index contributed by atoms with van der Waals surface area (Å²) in [5.74, 6) is -0.458. The van der Waals surface area contributed by atoms with E-state index >= 15 is 0 Å². The monoisotopic (exact) mass is 239 g/mol. The maximum Gasteiger partial charge on any atom is 0.358 e. The maximum absolute atomic E-state index is 11.4. The molecule has 84 valence electrons. The van der Waals surface area contributed by atoms with Gasteiger partial charge in [-0.15, -0.1) is 0 Å². The van der Waals surface area contributed by atoms with E-state index < -0.39 is 5.97 Å². The second kappa shape index (κ2) is 4.09. The fourth-order valence-corrected chi connectivity index (χ4v) is 1.64. The van der Waals surface area contributed by atoms with E-state index in [4.69, 9.17) is 16.3 Å². The predicted molar refractivity (Wildman–Crippen MR) is 58.7 cm³/mol. The molecule has 5 nitrogen and oxygen atoms in total. The lowest BCUT2D eigenvalue weighted by atomic mass is 10.4. The Kier molecular flexibility index (Phi) is 2.78. The zero-order valence-electron chi connectivity index (χ0n) is 8.90. The number of carbonyl (C=O) groups is 1. The molecule has 0 fully saturated rings. The Morgan fingerprint density at radius 3 is 3.06 bits per heavy atom. The van der Waals surface area contributed by atoms with Crippen molar-refractivity contribution >= 4 is 23.1 Å². The topological polar surface area (TPSA) is 56.5 Å². The second-order valence-corrected chi connectivity index (χ2v) is 3.61. The molecule has 0 aliphatic rings. The average Bonchev–Trinajstić information content (AvgIpc) is 2.62. The Morgan fingerprint density at radius 1 is 1.62 bits per heavy atom. The first-order valence-corrected chi connectivity index (χ1v) is 5.19. The van der Waals surface area contributed by atoms with Gasteiger partial charge < -0.3 is 4.74 Å². The van der Waals surface area contributed by atoms with Crippen molar-refractivity contribution in [2.45, 2.75) is 13.8 Å². The van der Waals surface area contributed by atoms with E-state index in [1.54, 1.807) is 26.1 Å². The van der Waals surface area contributed by atoms with E-state index in [0.29, 0.717) is 17.3 Å². The van der Waals surface area contributed by atoms with Crippen LogP contribution >= 0.6 is 11.6 Å². The summed E-state index contributed by atoms with van der Waals surface area (Å²) in [5, 5.41) is 4.39. The van der Waals surface area contributed by atoms with Crippen molar-refractivity contribution in [1.29, 1.82) is 0 Å². The van der Waals surface area contributed by atoms with Crippen LogP contribution in [0.4, 0.5) is 0 Å². The number of aryl methyl sites for hydroxylation is 1. The van der Waals surface area contributed by atoms with Gasteiger partial charge in [-0.2, -0.15) is 5.10 Å². The van der Waals surface area contributed by atoms with Gasteiger partial charge in [0, 0.05) is 6.07 Å². The number of esters is 1. The van der Waals surface area contributed by atoms with Gasteiger partial charge in [0.2, 0.25) is 0 Å². The van der Waals surface area contributed by atoms with Gasteiger partial charge in [-0.1, -0.05) is 11.6 Å². The van der Waals surface area contributed by atoms with Crippen LogP contribution in [0.15, 0.2) is 12.3 Å². The lowest BCUT2D eigenvalue weighted by molar-refractivity contribution is 0.0519. The smallest absolute Gasteiger partial charge is 0.358 e. The van der Waals surface area contributed by atoms with Gasteiger partial charge in [0.15, 0.2) is 10.8 Å². The summed E-state index contributed by atoms with van der Waals surface area (Å²) in [6.45, 7) is 3.86. The summed E-state index contributed by atoms with van der Waals surface area (Å²) >= 11 is 5.93. The zero-order valence-corrected chi connectivity index (χ0v) is 9.65. The van der Waals surface area contributed by atoms with Crippen LogP contribution in [0.25, 0.3) is 5.52 Å². The molecule has 0 spiro atoms. The molecule has 2 rings (SSSR count). The number of halogens is 1. The molecule has 16 heavy (non-hydrogen) atoms. The quantitative estimate of drug-likeness (QED) is 0.751. The molecule has 0 saturated heterocycles. The Balaban J connectivity index is 2.51. The number of carbonyl (C=O) groups excluding carboxylic acids is 1. The van der Waals surface area contributed by atoms with Crippen molar-refractivity contribution in [3.63, 3.8) is 0 Å². The number of aromatic nitrogens is 3. The zero-order chi connectivity index (χ0) is 11.7. The van der Waals surface area contributed by atoms with Crippen LogP contribution in [-0.2, 0) is 4.74 Å². The molecule has 0 radical (unpaired) electrons. The van der Waals surface area contributed by atoms with Crippen LogP contribution in [-0.4, -0.2) is 27.2 Å². The molecule has 2 aromatic heterocycles. The third-order valence-electron chi connectivity index (χ3n) is 2.02. The highest BCUT2D eigenvalue weighted by molar-refractivity contribution is 6.32. The van der Waals surface area contributed by atoms with Crippen molar-refractivity contribution in [2.24, 2.45) is 0 Å². The standard InChI is InChI=1S/C10H10ClN3O2/c1-3-16-10(15)7-4-8-9(11)12-6(2)5-14(8)13-7/h4-5H,3H2,1-2H3. The summed E-state index contributed by atoms with van der Waals surface area (Å²) < 4.78 is 6.37. The van der Waals surface area contributed by atoms with Gasteiger partial charge in [0.05, 0.1) is 18.5 Å². The second-order valence-electron chi connectivity index (χ2n) is 3.25. The highest BCUT2D eigenvalue weighted by Gasteiger charge is 2.13. The molecule has 0 aliphatic heterocycles. The highest BCUT2D eigenvalue weighted by Crippen LogP contribution is 2.16. The minimum absolute atomic E-state index is 0.233. The average molecular weight is 240 g/mol. The summed E-state index contributed by atoms with van der Waals surface area (Å²) in [6, 6.07) is 1.56. The Morgan fingerprint density at radius 2 is 2.38 bits per heavy atom. The first kappa shape index (κ1) is 10.9. The van der Waals surface area contributed by atoms with Gasteiger partial charge in [-0.25, -0.2) is 14.3 Å². The summed E-state index contributed by atoms with van der Waals surface area (Å²) in [5.41, 5.74) is 1.56. The third kappa shape index (κ3) is 1.86. The normalized spacial score (nSPS) is 10.7. The molecule has 6 heteroatoms. The van der Waals surface area contributed by atoms with Crippen LogP contribution in [0.3, 0.4) is 0 Å². The van der Waals surface area contributed by atoms with E-state index in [1.165, 1.54) is 4.52 Å². The van der Waals surface area contributed by atoms with E-state index in [1.807, 2.05) is 0 Å². The largest absolute Gasteiger partial charge is 0.461 e. The summed E-state index contributed by atoms with van der Waals surface area (Å²) in [7, 11) is 0. The Labute approximate surface area is 97.0 Å². The van der Waals surface area contributed by atoms with Crippen molar-refractivity contribution in [3.05, 3.63) is 28.8 Å². The van der Waals surface area contributed by atoms with E-state index in [2.05, 4.69) is 10.1 Å². The Hall–Kier alpha value is -1.62. The van der Waals surface area contributed by atoms with Crippen molar-refractivity contribution in [2.75, 3.05) is 6.61 Å². The molecule has 0 N–H and O–H groups in total. The van der Waals surface area contributed by atoms with Gasteiger partial charge in [-0.05, 0) is 13.8 Å². The van der Waals surface area contributed by atoms with Gasteiger partial charge in [0.1, 0.15) is 5.52 Å². The van der Waals surface area contributed by atoms with Crippen LogP contribution in [0, 0.1) is 6.92 Å². The van der Waals surface area contributed by atoms with Crippen LogP contribution in [0.5, 0.6) is 0 Å². The molecule has 0 saturated carbocycles. The van der Waals surface area contributed by atoms with Crippen LogP contribution in [0.2, 0.25) is 5.15 Å². The predicted octanol–water partition coefficient (Wildman–Crippen LogP) is 1.87. The lowest BCUT2D eigenvalue weighted by Crippen LogP contribution is -2.05. The number of ether oxygens (including phenoxy) is 1. The fraction of sp³-hybridized carbons (Fsp3) is 0.300. The van der Waals surface area contributed by atoms with E-state index in [0.717, 1.165) is 5.69 Å². The molecule has 2 aromatic rings. The first-order valence-electron chi connectivity index (χ1n) is 4.81. The Bertz CT molecular complexity index is 550. The van der Waals surface area contributed by atoms with Crippen LogP contribution in [0.1, 0.15) is 23.1 Å². The fourth-order valence-electron chi connectivity index (χ4n) is 1.37. The molecule has 0 atom stereocenters. The van der Waals surface area contributed by atoms with E-state index in [9.17, 15) is 4.79 Å². The molecular weight excluding hydrogens is 230 g/mol. The van der Waals surface area contributed by atoms with Gasteiger partial charge in [-0.3, -0.25) is 0 Å². The number of hydrogen-bond donors (Lipinski definition) is 0. The SMILES string of the molecule is CCOC(=O)c1cc2c(Cl)nc(C)cn2n1.